The number of para-hydroxylation sites is 1. The maximum atomic E-state index is 11.5. The van der Waals surface area contributed by atoms with Crippen LogP contribution in [0.15, 0.2) is 30.5 Å². The fraction of sp³-hybridized carbons (Fsp3) is 0.0909. The van der Waals surface area contributed by atoms with Gasteiger partial charge in [0.25, 0.3) is 0 Å². The summed E-state index contributed by atoms with van der Waals surface area (Å²) in [6, 6.07) is 7.72. The van der Waals surface area contributed by atoms with E-state index < -0.39 is 5.97 Å². The predicted octanol–water partition coefficient (Wildman–Crippen LogP) is 0.506. The Labute approximate surface area is 108 Å². The smallest absolute Gasteiger partial charge is 0.331 e. The number of H-pyrrole nitrogens is 1. The molecule has 94 valence electrons. The molecule has 0 radical (unpaired) electrons. The molecular weight excluding hydrogens is 252 g/mol. The molecule has 0 saturated heterocycles. The summed E-state index contributed by atoms with van der Waals surface area (Å²) in [5.41, 5.74) is 11.5. The largest absolute Gasteiger partial charge is 0.375 e. The van der Waals surface area contributed by atoms with Crippen LogP contribution in [0.5, 0.6) is 0 Å². The van der Waals surface area contributed by atoms with E-state index in [2.05, 4.69) is 28.2 Å². The molecule has 0 unspecified atom stereocenters. The summed E-state index contributed by atoms with van der Waals surface area (Å²) in [4.78, 5) is 19.3. The molecule has 0 fully saturated rings. The molecule has 1 heterocycles. The van der Waals surface area contributed by atoms with Crippen LogP contribution in [0.1, 0.15) is 5.56 Å². The van der Waals surface area contributed by atoms with Gasteiger partial charge in [0.05, 0.1) is 6.42 Å². The van der Waals surface area contributed by atoms with Gasteiger partial charge in [-0.3, -0.25) is 5.43 Å². The van der Waals surface area contributed by atoms with E-state index in [-0.39, 0.29) is 11.5 Å². The Morgan fingerprint density at radius 2 is 2.22 bits per heavy atom. The van der Waals surface area contributed by atoms with Gasteiger partial charge in [0.1, 0.15) is 0 Å². The number of rotatable bonds is 4. The van der Waals surface area contributed by atoms with Crippen LogP contribution >= 0.6 is 12.2 Å². The van der Waals surface area contributed by atoms with Crippen LogP contribution in [0.25, 0.3) is 10.9 Å². The van der Waals surface area contributed by atoms with E-state index in [4.69, 9.17) is 10.6 Å². The zero-order chi connectivity index (χ0) is 13.0. The third-order valence-electron chi connectivity index (χ3n) is 2.35. The molecule has 0 aliphatic rings. The summed E-state index contributed by atoms with van der Waals surface area (Å²) >= 11 is 4.53. The van der Waals surface area contributed by atoms with Gasteiger partial charge in [0, 0.05) is 17.1 Å². The first-order chi connectivity index (χ1) is 8.66. The highest BCUT2D eigenvalue weighted by atomic mass is 32.1. The van der Waals surface area contributed by atoms with E-state index >= 15 is 0 Å². The van der Waals surface area contributed by atoms with Crippen molar-refractivity contribution in [3.8, 4) is 0 Å². The highest BCUT2D eigenvalue weighted by Crippen LogP contribution is 2.18. The molecule has 0 saturated carbocycles. The van der Waals surface area contributed by atoms with Gasteiger partial charge >= 0.3 is 5.97 Å². The van der Waals surface area contributed by atoms with Crippen molar-refractivity contribution in [1.29, 1.82) is 0 Å². The maximum absolute atomic E-state index is 11.5. The van der Waals surface area contributed by atoms with Crippen molar-refractivity contribution in [3.63, 3.8) is 0 Å². The van der Waals surface area contributed by atoms with Crippen LogP contribution in [0.2, 0.25) is 0 Å². The first-order valence-electron chi connectivity index (χ1n) is 5.22. The molecule has 2 aromatic rings. The number of aromatic amines is 1. The fourth-order valence-corrected chi connectivity index (χ4v) is 1.64. The van der Waals surface area contributed by atoms with E-state index in [1.165, 1.54) is 0 Å². The first kappa shape index (κ1) is 12.3. The Hall–Kier alpha value is -2.12. The number of hydrogen-bond donors (Lipinski definition) is 4. The summed E-state index contributed by atoms with van der Waals surface area (Å²) in [7, 11) is 0. The van der Waals surface area contributed by atoms with Gasteiger partial charge in [-0.25, -0.2) is 4.79 Å². The standard InChI is InChI=1S/C11H12N4O2S/c12-11(18)14-15-17-10(16)5-7-6-13-9-4-2-1-3-8(7)9/h1-4,6,13,15H,5H2,(H3,12,14,18). The van der Waals surface area contributed by atoms with Crippen molar-refractivity contribution in [2.75, 3.05) is 0 Å². The van der Waals surface area contributed by atoms with E-state index in [1.54, 1.807) is 6.20 Å². The van der Waals surface area contributed by atoms with Crippen molar-refractivity contribution < 1.29 is 9.63 Å². The predicted molar refractivity (Wildman–Crippen MR) is 71.2 cm³/mol. The molecule has 0 amide bonds. The molecule has 0 atom stereocenters. The quantitative estimate of drug-likeness (QED) is 0.475. The van der Waals surface area contributed by atoms with Crippen LogP contribution in [0.4, 0.5) is 0 Å². The Bertz CT molecular complexity index is 581. The van der Waals surface area contributed by atoms with Gasteiger partial charge in [0.15, 0.2) is 5.11 Å². The average Bonchev–Trinajstić information content (AvgIpc) is 2.72. The summed E-state index contributed by atoms with van der Waals surface area (Å²) in [6.07, 6.45) is 1.93. The molecule has 1 aromatic heterocycles. The fourth-order valence-electron chi connectivity index (χ4n) is 1.60. The number of thiocarbonyl (C=S) groups is 1. The zero-order valence-corrected chi connectivity index (χ0v) is 10.2. The van der Waals surface area contributed by atoms with Crippen LogP contribution in [0, 0.1) is 0 Å². The molecule has 0 aliphatic carbocycles. The first-order valence-corrected chi connectivity index (χ1v) is 5.63. The number of benzene rings is 1. The number of hydrazine groups is 1. The Morgan fingerprint density at radius 3 is 3.00 bits per heavy atom. The van der Waals surface area contributed by atoms with E-state index in [0.29, 0.717) is 0 Å². The third kappa shape index (κ3) is 2.96. The van der Waals surface area contributed by atoms with E-state index in [1.807, 2.05) is 24.3 Å². The van der Waals surface area contributed by atoms with Gasteiger partial charge < -0.3 is 15.6 Å². The minimum Gasteiger partial charge on any atom is -0.375 e. The van der Waals surface area contributed by atoms with Crippen molar-refractivity contribution in [3.05, 3.63) is 36.0 Å². The molecule has 0 bridgehead atoms. The number of carbonyl (C=O) groups is 1. The Morgan fingerprint density at radius 1 is 1.44 bits per heavy atom. The van der Waals surface area contributed by atoms with Crippen LogP contribution < -0.4 is 16.7 Å². The molecule has 5 N–H and O–H groups in total. The van der Waals surface area contributed by atoms with E-state index in [9.17, 15) is 4.79 Å². The minimum absolute atomic E-state index is 0.00473. The molecule has 1 aromatic carbocycles. The van der Waals surface area contributed by atoms with Gasteiger partial charge in [0.2, 0.25) is 0 Å². The maximum Gasteiger partial charge on any atom is 0.331 e. The topological polar surface area (TPSA) is 92.2 Å². The number of nitrogens with two attached hydrogens (primary N) is 1. The normalized spacial score (nSPS) is 10.2. The van der Waals surface area contributed by atoms with Crippen LogP contribution in [-0.4, -0.2) is 16.1 Å². The second-order valence-corrected chi connectivity index (χ2v) is 4.04. The van der Waals surface area contributed by atoms with Crippen molar-refractivity contribution in [1.82, 2.24) is 16.0 Å². The number of fused-ring (bicyclic) bond motifs is 1. The molecule has 6 nitrogen and oxygen atoms in total. The number of nitrogens with one attached hydrogen (secondary N) is 3. The second kappa shape index (κ2) is 5.48. The second-order valence-electron chi connectivity index (χ2n) is 3.60. The minimum atomic E-state index is -0.441. The Balaban J connectivity index is 1.97. The lowest BCUT2D eigenvalue weighted by molar-refractivity contribution is -0.151. The van der Waals surface area contributed by atoms with Gasteiger partial charge in [-0.2, -0.15) is 0 Å². The zero-order valence-electron chi connectivity index (χ0n) is 9.40. The lowest BCUT2D eigenvalue weighted by Gasteiger charge is -2.05. The SMILES string of the molecule is NC(=S)NNOC(=O)Cc1c[nH]c2ccccc12. The van der Waals surface area contributed by atoms with Crippen molar-refractivity contribution in [2.45, 2.75) is 6.42 Å². The van der Waals surface area contributed by atoms with Crippen LogP contribution in [0.3, 0.4) is 0 Å². The number of aromatic nitrogens is 1. The van der Waals surface area contributed by atoms with Gasteiger partial charge in [-0.15, -0.1) is 0 Å². The van der Waals surface area contributed by atoms with Crippen LogP contribution in [-0.2, 0) is 16.1 Å². The summed E-state index contributed by atoms with van der Waals surface area (Å²) in [5, 5.41) is 0.992. The lowest BCUT2D eigenvalue weighted by Crippen LogP contribution is -2.42. The highest BCUT2D eigenvalue weighted by Gasteiger charge is 2.09. The van der Waals surface area contributed by atoms with Gasteiger partial charge in [-0.05, 0) is 23.8 Å². The molecular formula is C11H12N4O2S. The molecule has 18 heavy (non-hydrogen) atoms. The monoisotopic (exact) mass is 264 g/mol. The highest BCUT2D eigenvalue weighted by molar-refractivity contribution is 7.80. The van der Waals surface area contributed by atoms with Gasteiger partial charge in [-0.1, -0.05) is 23.8 Å². The lowest BCUT2D eigenvalue weighted by atomic mass is 10.1. The molecule has 0 spiro atoms. The molecule has 2 rings (SSSR count). The van der Waals surface area contributed by atoms with Crippen molar-refractivity contribution >= 4 is 34.2 Å². The summed E-state index contributed by atoms with van der Waals surface area (Å²) < 4.78 is 0. The Kier molecular flexibility index (Phi) is 3.75. The number of hydrogen-bond acceptors (Lipinski definition) is 4. The number of carbonyl (C=O) groups excluding carboxylic acids is 1. The summed E-state index contributed by atoms with van der Waals surface area (Å²) in [5.74, 6) is -0.441. The molecule has 0 aliphatic heterocycles. The third-order valence-corrected chi connectivity index (χ3v) is 2.45. The summed E-state index contributed by atoms with van der Waals surface area (Å²) in [6.45, 7) is 0. The van der Waals surface area contributed by atoms with Crippen molar-refractivity contribution in [2.24, 2.45) is 5.73 Å². The van der Waals surface area contributed by atoms with E-state index in [0.717, 1.165) is 16.5 Å². The average molecular weight is 264 g/mol. The molecule has 7 heteroatoms.